The summed E-state index contributed by atoms with van der Waals surface area (Å²) in [6.07, 6.45) is 10.2. The van der Waals surface area contributed by atoms with Gasteiger partial charge in [0.05, 0.1) is 16.8 Å². The minimum absolute atomic E-state index is 0.222. The molecule has 3 aromatic carbocycles. The van der Waals surface area contributed by atoms with Crippen molar-refractivity contribution in [2.24, 2.45) is 0 Å². The molecule has 8 nitrogen and oxygen atoms in total. The van der Waals surface area contributed by atoms with Crippen molar-refractivity contribution in [2.45, 2.75) is 32.6 Å². The summed E-state index contributed by atoms with van der Waals surface area (Å²) >= 11 is 1.30. The number of nitrogens with zero attached hydrogens (tertiary/aromatic N) is 5. The second-order valence-electron chi connectivity index (χ2n) is 10.3. The Bertz CT molecular complexity index is 1960. The SMILES string of the molecule is C=CCOc1ccc(-c2nc3sc(=Cc4cn(-c5ccccc5)nc4-c4ccc(OCCCCCC)cc4)c(=O)n3n2)cc1. The summed E-state index contributed by atoms with van der Waals surface area (Å²) in [5.74, 6) is 2.05. The highest BCUT2D eigenvalue weighted by molar-refractivity contribution is 7.15. The molecule has 6 aromatic rings. The number of unbranched alkanes of at least 4 members (excludes halogenated alkanes) is 3. The number of thiazole rings is 1. The number of fused-ring (bicyclic) bond motifs is 1. The fourth-order valence-corrected chi connectivity index (χ4v) is 5.71. The van der Waals surface area contributed by atoms with Crippen LogP contribution >= 0.6 is 11.3 Å². The summed E-state index contributed by atoms with van der Waals surface area (Å²) < 4.78 is 15.2. The largest absolute Gasteiger partial charge is 0.494 e. The van der Waals surface area contributed by atoms with Crippen LogP contribution in [0.25, 0.3) is 39.4 Å². The maximum absolute atomic E-state index is 13.5. The molecule has 0 radical (unpaired) electrons. The lowest BCUT2D eigenvalue weighted by Gasteiger charge is -2.07. The van der Waals surface area contributed by atoms with E-state index in [0.29, 0.717) is 28.5 Å². The van der Waals surface area contributed by atoms with E-state index in [2.05, 4.69) is 23.6 Å². The van der Waals surface area contributed by atoms with Crippen molar-refractivity contribution in [3.8, 4) is 39.8 Å². The highest BCUT2D eigenvalue weighted by Crippen LogP contribution is 2.27. The summed E-state index contributed by atoms with van der Waals surface area (Å²) in [5, 5.41) is 9.43. The zero-order chi connectivity index (χ0) is 30.3. The Morgan fingerprint density at radius 3 is 2.30 bits per heavy atom. The Hall–Kier alpha value is -5.02. The lowest BCUT2D eigenvalue weighted by atomic mass is 10.1. The molecule has 0 unspecified atom stereocenters. The molecule has 44 heavy (non-hydrogen) atoms. The van der Waals surface area contributed by atoms with Crippen LogP contribution in [0.1, 0.15) is 38.2 Å². The molecule has 0 bridgehead atoms. The van der Waals surface area contributed by atoms with Gasteiger partial charge < -0.3 is 9.47 Å². The van der Waals surface area contributed by atoms with Gasteiger partial charge in [-0.15, -0.1) is 5.10 Å². The van der Waals surface area contributed by atoms with Crippen molar-refractivity contribution < 1.29 is 9.47 Å². The molecule has 3 aromatic heterocycles. The first kappa shape index (κ1) is 29.1. The topological polar surface area (TPSA) is 83.5 Å². The fourth-order valence-electron chi connectivity index (χ4n) is 4.81. The molecule has 0 amide bonds. The van der Waals surface area contributed by atoms with Gasteiger partial charge in [0.1, 0.15) is 23.8 Å². The van der Waals surface area contributed by atoms with Crippen molar-refractivity contribution in [1.82, 2.24) is 24.4 Å². The average molecular weight is 604 g/mol. The van der Waals surface area contributed by atoms with Gasteiger partial charge in [-0.05, 0) is 73.2 Å². The molecule has 0 saturated heterocycles. The van der Waals surface area contributed by atoms with E-state index in [1.165, 1.54) is 35.1 Å². The monoisotopic (exact) mass is 603 g/mol. The van der Waals surface area contributed by atoms with Crippen molar-refractivity contribution in [3.63, 3.8) is 0 Å². The van der Waals surface area contributed by atoms with E-state index in [4.69, 9.17) is 14.6 Å². The highest BCUT2D eigenvalue weighted by atomic mass is 32.1. The summed E-state index contributed by atoms with van der Waals surface area (Å²) in [7, 11) is 0. The lowest BCUT2D eigenvalue weighted by molar-refractivity contribution is 0.305. The van der Waals surface area contributed by atoms with Crippen LogP contribution in [0.5, 0.6) is 11.5 Å². The van der Waals surface area contributed by atoms with Gasteiger partial charge >= 0.3 is 0 Å². The zero-order valence-electron chi connectivity index (χ0n) is 24.6. The number of rotatable bonds is 13. The van der Waals surface area contributed by atoms with Crippen LogP contribution < -0.4 is 19.6 Å². The van der Waals surface area contributed by atoms with Crippen LogP contribution in [0.15, 0.2) is 103 Å². The summed E-state index contributed by atoms with van der Waals surface area (Å²) in [6, 6.07) is 25.3. The number of benzene rings is 3. The Morgan fingerprint density at radius 2 is 1.59 bits per heavy atom. The van der Waals surface area contributed by atoms with Crippen LogP contribution in [-0.2, 0) is 0 Å². The number of aromatic nitrogens is 5. The van der Waals surface area contributed by atoms with Gasteiger partial charge in [0.2, 0.25) is 4.96 Å². The van der Waals surface area contributed by atoms with Crippen molar-refractivity contribution in [1.29, 1.82) is 0 Å². The molecule has 0 spiro atoms. The van der Waals surface area contributed by atoms with E-state index in [0.717, 1.165) is 46.0 Å². The second kappa shape index (κ2) is 13.5. The number of hydrogen-bond acceptors (Lipinski definition) is 7. The third-order valence-electron chi connectivity index (χ3n) is 7.11. The minimum Gasteiger partial charge on any atom is -0.494 e. The van der Waals surface area contributed by atoms with Crippen LogP contribution in [0.3, 0.4) is 0 Å². The molecule has 0 atom stereocenters. The fraction of sp³-hybridized carbons (Fsp3) is 0.200. The van der Waals surface area contributed by atoms with Crippen molar-refractivity contribution in [3.05, 3.63) is 118 Å². The Kier molecular flexibility index (Phi) is 8.93. The molecule has 6 rings (SSSR count). The van der Waals surface area contributed by atoms with Crippen LogP contribution in [0.2, 0.25) is 0 Å². The smallest absolute Gasteiger partial charge is 0.291 e. The third-order valence-corrected chi connectivity index (χ3v) is 8.07. The molecular formula is C35H33N5O3S. The van der Waals surface area contributed by atoms with Crippen molar-refractivity contribution >= 4 is 22.4 Å². The van der Waals surface area contributed by atoms with Gasteiger partial charge in [0.25, 0.3) is 5.56 Å². The lowest BCUT2D eigenvalue weighted by Crippen LogP contribution is -2.23. The van der Waals surface area contributed by atoms with Gasteiger partial charge in [0.15, 0.2) is 5.82 Å². The standard InChI is InChI=1S/C35H33N5O3S/c1-3-5-6-10-22-43-30-17-13-25(14-18-30)32-27(24-39(37-32)28-11-8-7-9-12-28)23-31-34(41)40-35(44-31)36-33(38-40)26-15-19-29(20-16-26)42-21-4-2/h4,7-9,11-20,23-24H,2-3,5-6,10,21-22H2,1H3. The van der Waals surface area contributed by atoms with Gasteiger partial charge in [-0.25, -0.2) is 4.68 Å². The maximum Gasteiger partial charge on any atom is 0.291 e. The first-order valence-electron chi connectivity index (χ1n) is 14.8. The predicted molar refractivity (Wildman–Crippen MR) is 176 cm³/mol. The normalized spacial score (nSPS) is 11.7. The molecule has 0 aliphatic heterocycles. The second-order valence-corrected chi connectivity index (χ2v) is 11.3. The van der Waals surface area contributed by atoms with Gasteiger partial charge in [0, 0.05) is 22.9 Å². The van der Waals surface area contributed by atoms with E-state index < -0.39 is 0 Å². The number of para-hydroxylation sites is 1. The van der Waals surface area contributed by atoms with Crippen LogP contribution in [0, 0.1) is 0 Å². The minimum atomic E-state index is -0.222. The predicted octanol–water partition coefficient (Wildman–Crippen LogP) is 6.74. The summed E-state index contributed by atoms with van der Waals surface area (Å²) in [6.45, 7) is 7.01. The van der Waals surface area contributed by atoms with Gasteiger partial charge in [-0.1, -0.05) is 68.4 Å². The molecule has 9 heteroatoms. The Labute approximate surface area is 259 Å². The van der Waals surface area contributed by atoms with E-state index >= 15 is 0 Å². The van der Waals surface area contributed by atoms with Gasteiger partial charge in [-0.3, -0.25) is 4.79 Å². The molecule has 0 saturated carbocycles. The van der Waals surface area contributed by atoms with E-state index in [9.17, 15) is 4.79 Å². The molecule has 0 aliphatic carbocycles. The average Bonchev–Trinajstić information content (AvgIpc) is 3.76. The number of hydrogen-bond donors (Lipinski definition) is 0. The summed E-state index contributed by atoms with van der Waals surface area (Å²) in [4.78, 5) is 18.6. The van der Waals surface area contributed by atoms with Crippen molar-refractivity contribution in [2.75, 3.05) is 13.2 Å². The Morgan fingerprint density at radius 1 is 0.864 bits per heavy atom. The summed E-state index contributed by atoms with van der Waals surface area (Å²) in [5.41, 5.74) is 4.02. The van der Waals surface area contributed by atoms with E-state index in [-0.39, 0.29) is 5.56 Å². The number of ether oxygens (including phenoxy) is 2. The van der Waals surface area contributed by atoms with E-state index in [1.54, 1.807) is 6.08 Å². The zero-order valence-corrected chi connectivity index (χ0v) is 25.4. The van der Waals surface area contributed by atoms with Gasteiger partial charge in [-0.2, -0.15) is 14.6 Å². The molecule has 0 aliphatic rings. The van der Waals surface area contributed by atoms with E-state index in [1.807, 2.05) is 95.8 Å². The molecule has 0 N–H and O–H groups in total. The van der Waals surface area contributed by atoms with Crippen LogP contribution in [0.4, 0.5) is 0 Å². The quantitative estimate of drug-likeness (QED) is 0.107. The highest BCUT2D eigenvalue weighted by Gasteiger charge is 2.15. The molecule has 3 heterocycles. The van der Waals surface area contributed by atoms with Crippen LogP contribution in [-0.4, -0.2) is 37.6 Å². The molecular weight excluding hydrogens is 570 g/mol. The maximum atomic E-state index is 13.5. The first-order valence-corrected chi connectivity index (χ1v) is 15.6. The molecule has 0 fully saturated rings. The first-order chi connectivity index (χ1) is 21.6. The Balaban J connectivity index is 1.31. The molecule has 222 valence electrons. The third kappa shape index (κ3) is 6.48.